The molecule has 133 valence electrons. The quantitative estimate of drug-likeness (QED) is 0.472. The van der Waals surface area contributed by atoms with E-state index in [4.69, 9.17) is 0 Å². The molecule has 3 aromatic carbocycles. The van der Waals surface area contributed by atoms with Gasteiger partial charge in [0.25, 0.3) is 0 Å². The second kappa shape index (κ2) is 8.51. The Labute approximate surface area is 188 Å². The van der Waals surface area contributed by atoms with E-state index < -0.39 is 0 Å². The summed E-state index contributed by atoms with van der Waals surface area (Å²) in [6.45, 7) is 9.20. The molecule has 0 atom stereocenters. The topological polar surface area (TPSA) is 0 Å². The molecule has 0 saturated carbocycles. The van der Waals surface area contributed by atoms with Crippen LogP contribution in [0.3, 0.4) is 0 Å². The number of halogens is 2. The molecule has 0 N–H and O–H groups in total. The molecule has 0 saturated heterocycles. The third-order valence-electron chi connectivity index (χ3n) is 5.18. The molecular formula is C23H23Cl2Zr. The van der Waals surface area contributed by atoms with Gasteiger partial charge in [0.1, 0.15) is 0 Å². The van der Waals surface area contributed by atoms with Crippen molar-refractivity contribution in [2.45, 2.75) is 34.1 Å². The Hall–Kier alpha value is -0.747. The molecule has 0 nitrogen and oxygen atoms in total. The summed E-state index contributed by atoms with van der Waals surface area (Å²) in [6, 6.07) is 17.8. The van der Waals surface area contributed by atoms with E-state index >= 15 is 0 Å². The maximum atomic E-state index is 2.40. The summed E-state index contributed by atoms with van der Waals surface area (Å²) < 4.78 is 0. The number of benzene rings is 2. The van der Waals surface area contributed by atoms with Crippen molar-refractivity contribution in [2.24, 2.45) is 5.41 Å². The molecule has 0 heterocycles. The summed E-state index contributed by atoms with van der Waals surface area (Å²) in [7, 11) is 0. The fraction of sp³-hybridized carbons (Fsp3) is 0.261. The Kier molecular flexibility index (Phi) is 7.62. The number of fused-ring (bicyclic) bond motifs is 3. The standard InChI is InChI=1S/C23H23.2ClH.Zr/c1-15-12-17(23(2,3)4)14-21(15)20-11-7-10-19-18-9-6-5-8-16(18)13-22(19)20;;;/h5-13H,14H2,1-4H3;2*1H;/q-1;;;+3/p-2. The number of hydrogen-bond acceptors (Lipinski definition) is 0. The minimum atomic E-state index is 0. The summed E-state index contributed by atoms with van der Waals surface area (Å²) in [5, 5.41) is 5.48. The molecule has 0 unspecified atom stereocenters. The molecule has 1 aliphatic carbocycles. The van der Waals surface area contributed by atoms with Gasteiger partial charge in [-0.15, -0.1) is 33.7 Å². The maximum absolute atomic E-state index is 2.40. The second-order valence-electron chi connectivity index (χ2n) is 7.76. The average molecular weight is 462 g/mol. The first-order valence-corrected chi connectivity index (χ1v) is 8.43. The normalized spacial score (nSPS) is 13.9. The molecule has 26 heavy (non-hydrogen) atoms. The van der Waals surface area contributed by atoms with Gasteiger partial charge in [-0.1, -0.05) is 85.5 Å². The van der Waals surface area contributed by atoms with Crippen LogP contribution in [0.1, 0.15) is 39.7 Å². The molecule has 0 amide bonds. The van der Waals surface area contributed by atoms with Crippen molar-refractivity contribution < 1.29 is 51.0 Å². The van der Waals surface area contributed by atoms with Gasteiger partial charge in [-0.05, 0) is 18.8 Å². The monoisotopic (exact) mass is 459 g/mol. The van der Waals surface area contributed by atoms with Crippen molar-refractivity contribution >= 4 is 27.1 Å². The van der Waals surface area contributed by atoms with Gasteiger partial charge in [0.15, 0.2) is 0 Å². The molecule has 0 aliphatic heterocycles. The largest absolute Gasteiger partial charge is 3.00 e. The summed E-state index contributed by atoms with van der Waals surface area (Å²) in [4.78, 5) is 0. The van der Waals surface area contributed by atoms with Gasteiger partial charge in [0.2, 0.25) is 0 Å². The van der Waals surface area contributed by atoms with Crippen molar-refractivity contribution in [3.05, 3.63) is 71.3 Å². The minimum absolute atomic E-state index is 0. The van der Waals surface area contributed by atoms with Gasteiger partial charge in [0.05, 0.1) is 0 Å². The first kappa shape index (κ1) is 23.3. The van der Waals surface area contributed by atoms with Crippen LogP contribution < -0.4 is 24.8 Å². The third-order valence-corrected chi connectivity index (χ3v) is 5.18. The molecule has 3 heteroatoms. The Morgan fingerprint density at radius 1 is 0.885 bits per heavy atom. The molecule has 0 bridgehead atoms. The fourth-order valence-electron chi connectivity index (χ4n) is 3.76. The summed E-state index contributed by atoms with van der Waals surface area (Å²) in [6.07, 6.45) is 3.48. The zero-order valence-corrected chi connectivity index (χ0v) is 19.6. The smallest absolute Gasteiger partial charge is 1.00 e. The SMILES string of the molecule is CC1=C(c2cccc3c2[cH-]c2ccccc23)CC(C(C)(C)C)=C1.[Cl-].[Cl-].[Zr+3]. The van der Waals surface area contributed by atoms with Crippen molar-refractivity contribution in [3.63, 3.8) is 0 Å². The van der Waals surface area contributed by atoms with Crippen molar-refractivity contribution in [1.82, 2.24) is 0 Å². The van der Waals surface area contributed by atoms with Crippen LogP contribution in [-0.2, 0) is 26.2 Å². The van der Waals surface area contributed by atoms with Crippen LogP contribution in [0.4, 0.5) is 0 Å². The predicted octanol–water partition coefficient (Wildman–Crippen LogP) is 0.867. The van der Waals surface area contributed by atoms with Crippen LogP contribution in [0.5, 0.6) is 0 Å². The van der Waals surface area contributed by atoms with Gasteiger partial charge in [-0.25, -0.2) is 0 Å². The maximum Gasteiger partial charge on any atom is 3.00 e. The van der Waals surface area contributed by atoms with E-state index in [9.17, 15) is 0 Å². The summed E-state index contributed by atoms with van der Waals surface area (Å²) in [5.74, 6) is 0. The van der Waals surface area contributed by atoms with Gasteiger partial charge >= 0.3 is 26.2 Å². The fourth-order valence-corrected chi connectivity index (χ4v) is 3.76. The van der Waals surface area contributed by atoms with Crippen molar-refractivity contribution in [1.29, 1.82) is 0 Å². The molecule has 0 aromatic heterocycles. The zero-order valence-electron chi connectivity index (χ0n) is 15.7. The molecule has 3 aromatic rings. The molecule has 0 spiro atoms. The summed E-state index contributed by atoms with van der Waals surface area (Å²) >= 11 is 0. The van der Waals surface area contributed by atoms with E-state index in [0.29, 0.717) is 0 Å². The van der Waals surface area contributed by atoms with Crippen molar-refractivity contribution in [2.75, 3.05) is 0 Å². The van der Waals surface area contributed by atoms with Crippen LogP contribution in [-0.4, -0.2) is 0 Å². The average Bonchev–Trinajstić information content (AvgIpc) is 3.07. The first-order chi connectivity index (χ1) is 10.9. The van der Waals surface area contributed by atoms with E-state index in [1.807, 2.05) is 0 Å². The van der Waals surface area contributed by atoms with Crippen molar-refractivity contribution in [3.8, 4) is 0 Å². The van der Waals surface area contributed by atoms with Crippen LogP contribution in [0.2, 0.25) is 0 Å². The molecular weight excluding hydrogens is 438 g/mol. The second-order valence-corrected chi connectivity index (χ2v) is 7.76. The molecule has 1 aliphatic rings. The number of rotatable bonds is 1. The Morgan fingerprint density at radius 3 is 2.19 bits per heavy atom. The Bertz CT molecular complexity index is 984. The predicted molar refractivity (Wildman–Crippen MR) is 102 cm³/mol. The number of hydrogen-bond donors (Lipinski definition) is 0. The van der Waals surface area contributed by atoms with E-state index in [0.717, 1.165) is 6.42 Å². The van der Waals surface area contributed by atoms with Crippen LogP contribution >= 0.6 is 0 Å². The Morgan fingerprint density at radius 2 is 1.54 bits per heavy atom. The Balaban J connectivity index is 0.00000113. The van der Waals surface area contributed by atoms with Gasteiger partial charge in [-0.3, -0.25) is 0 Å². The first-order valence-electron chi connectivity index (χ1n) is 8.43. The number of allylic oxidation sites excluding steroid dienone is 4. The van der Waals surface area contributed by atoms with E-state index in [1.165, 1.54) is 43.8 Å². The van der Waals surface area contributed by atoms with Gasteiger partial charge in [0, 0.05) is 0 Å². The van der Waals surface area contributed by atoms with Gasteiger partial charge < -0.3 is 24.8 Å². The van der Waals surface area contributed by atoms with Crippen LogP contribution in [0.25, 0.3) is 27.1 Å². The third kappa shape index (κ3) is 3.91. The van der Waals surface area contributed by atoms with E-state index in [-0.39, 0.29) is 56.4 Å². The molecule has 0 fully saturated rings. The molecule has 1 radical (unpaired) electrons. The zero-order chi connectivity index (χ0) is 16.2. The van der Waals surface area contributed by atoms with Crippen LogP contribution in [0.15, 0.2) is 65.8 Å². The van der Waals surface area contributed by atoms with Crippen LogP contribution in [0, 0.1) is 5.41 Å². The minimum Gasteiger partial charge on any atom is -1.00 e. The van der Waals surface area contributed by atoms with E-state index in [1.54, 1.807) is 0 Å². The molecule has 4 rings (SSSR count). The van der Waals surface area contributed by atoms with Gasteiger partial charge in [-0.2, -0.15) is 0 Å². The van der Waals surface area contributed by atoms with E-state index in [2.05, 4.69) is 82.3 Å². The summed E-state index contributed by atoms with van der Waals surface area (Å²) in [5.41, 5.74) is 6.11.